The molecular formula is C21H23NO3. The minimum atomic E-state index is -0.299. The van der Waals surface area contributed by atoms with Gasteiger partial charge in [-0.15, -0.1) is 0 Å². The first-order chi connectivity index (χ1) is 12.0. The van der Waals surface area contributed by atoms with E-state index in [0.29, 0.717) is 0 Å². The topological polar surface area (TPSA) is 60.8 Å². The Balaban J connectivity index is 1.66. The molecule has 0 spiro atoms. The van der Waals surface area contributed by atoms with Crippen molar-refractivity contribution in [2.24, 2.45) is 5.92 Å². The second kappa shape index (κ2) is 7.43. The molecule has 1 aliphatic heterocycles. The summed E-state index contributed by atoms with van der Waals surface area (Å²) < 4.78 is 0. The lowest BCUT2D eigenvalue weighted by Gasteiger charge is -2.32. The molecule has 0 amide bonds. The SMILES string of the molecule is CC1CCN(c2ccc(/C=C/C(=O)c3ccc(O)cc3O)cc2)CC1. The summed E-state index contributed by atoms with van der Waals surface area (Å²) in [5.74, 6) is 0.220. The maximum atomic E-state index is 12.2. The highest BCUT2D eigenvalue weighted by atomic mass is 16.3. The maximum absolute atomic E-state index is 12.2. The van der Waals surface area contributed by atoms with Gasteiger partial charge in [-0.25, -0.2) is 0 Å². The zero-order valence-electron chi connectivity index (χ0n) is 14.4. The molecule has 4 heteroatoms. The van der Waals surface area contributed by atoms with Crippen molar-refractivity contribution in [2.75, 3.05) is 18.0 Å². The first-order valence-corrected chi connectivity index (χ1v) is 8.62. The average molecular weight is 337 g/mol. The number of allylic oxidation sites excluding steroid dienone is 1. The van der Waals surface area contributed by atoms with Gasteiger partial charge in [0, 0.05) is 24.8 Å². The summed E-state index contributed by atoms with van der Waals surface area (Å²) in [4.78, 5) is 14.6. The quantitative estimate of drug-likeness (QED) is 0.647. The van der Waals surface area contributed by atoms with E-state index in [1.165, 1.54) is 36.7 Å². The summed E-state index contributed by atoms with van der Waals surface area (Å²) in [5, 5.41) is 19.0. The monoisotopic (exact) mass is 337 g/mol. The molecule has 130 valence electrons. The minimum Gasteiger partial charge on any atom is -0.508 e. The van der Waals surface area contributed by atoms with Gasteiger partial charge in [-0.2, -0.15) is 0 Å². The molecule has 2 aromatic rings. The molecule has 0 radical (unpaired) electrons. The van der Waals surface area contributed by atoms with Crippen molar-refractivity contribution in [2.45, 2.75) is 19.8 Å². The molecule has 2 aromatic carbocycles. The smallest absolute Gasteiger partial charge is 0.189 e. The van der Waals surface area contributed by atoms with Crippen LogP contribution in [0.3, 0.4) is 0 Å². The Morgan fingerprint density at radius 2 is 1.76 bits per heavy atom. The van der Waals surface area contributed by atoms with E-state index in [9.17, 15) is 15.0 Å². The van der Waals surface area contributed by atoms with Crippen LogP contribution in [0.1, 0.15) is 35.7 Å². The number of anilines is 1. The lowest BCUT2D eigenvalue weighted by atomic mass is 9.98. The molecule has 0 bridgehead atoms. The van der Waals surface area contributed by atoms with E-state index in [2.05, 4.69) is 24.0 Å². The van der Waals surface area contributed by atoms with E-state index in [1.54, 1.807) is 6.08 Å². The number of hydrogen-bond acceptors (Lipinski definition) is 4. The van der Waals surface area contributed by atoms with Gasteiger partial charge in [0.15, 0.2) is 5.78 Å². The third kappa shape index (κ3) is 4.21. The summed E-state index contributed by atoms with van der Waals surface area (Å²) in [6, 6.07) is 12.1. The molecule has 1 saturated heterocycles. The number of phenolic OH excluding ortho intramolecular Hbond substituents is 2. The number of nitrogens with zero attached hydrogens (tertiary/aromatic N) is 1. The van der Waals surface area contributed by atoms with Gasteiger partial charge >= 0.3 is 0 Å². The number of carbonyl (C=O) groups is 1. The van der Waals surface area contributed by atoms with E-state index in [0.717, 1.165) is 30.6 Å². The highest BCUT2D eigenvalue weighted by Crippen LogP contribution is 2.25. The standard InChI is InChI=1S/C21H23NO3/c1-15-10-12-22(13-11-15)17-5-2-16(3-6-17)4-9-20(24)19-8-7-18(23)14-21(19)25/h2-9,14-15,23,25H,10-13H2,1H3/b9-4+. The largest absolute Gasteiger partial charge is 0.508 e. The van der Waals surface area contributed by atoms with Crippen molar-refractivity contribution in [3.05, 3.63) is 59.7 Å². The third-order valence-electron chi connectivity index (χ3n) is 4.72. The van der Waals surface area contributed by atoms with Gasteiger partial charge in [0.1, 0.15) is 11.5 Å². The van der Waals surface area contributed by atoms with Crippen molar-refractivity contribution in [3.8, 4) is 11.5 Å². The fraction of sp³-hybridized carbons (Fsp3) is 0.286. The van der Waals surface area contributed by atoms with Crippen molar-refractivity contribution in [1.82, 2.24) is 0 Å². The normalized spacial score (nSPS) is 15.6. The zero-order chi connectivity index (χ0) is 17.8. The van der Waals surface area contributed by atoms with Crippen molar-refractivity contribution >= 4 is 17.5 Å². The van der Waals surface area contributed by atoms with E-state index in [1.807, 2.05) is 12.1 Å². The van der Waals surface area contributed by atoms with E-state index < -0.39 is 0 Å². The van der Waals surface area contributed by atoms with Gasteiger partial charge in [0.25, 0.3) is 0 Å². The van der Waals surface area contributed by atoms with Crippen LogP contribution in [0.2, 0.25) is 0 Å². The molecule has 0 atom stereocenters. The molecule has 0 aliphatic carbocycles. The Hall–Kier alpha value is -2.75. The fourth-order valence-electron chi connectivity index (χ4n) is 3.05. The summed E-state index contributed by atoms with van der Waals surface area (Å²) in [7, 11) is 0. The molecule has 1 fully saturated rings. The Kier molecular flexibility index (Phi) is 5.08. The van der Waals surface area contributed by atoms with Gasteiger partial charge in [-0.1, -0.05) is 25.1 Å². The molecule has 1 heterocycles. The Labute approximate surface area is 148 Å². The second-order valence-corrected chi connectivity index (χ2v) is 6.66. The van der Waals surface area contributed by atoms with Crippen LogP contribution in [0.15, 0.2) is 48.5 Å². The summed E-state index contributed by atoms with van der Waals surface area (Å²) >= 11 is 0. The number of aromatic hydroxyl groups is 2. The number of hydrogen-bond donors (Lipinski definition) is 2. The van der Waals surface area contributed by atoms with Gasteiger partial charge < -0.3 is 15.1 Å². The predicted molar refractivity (Wildman–Crippen MR) is 100 cm³/mol. The highest BCUT2D eigenvalue weighted by molar-refractivity contribution is 6.08. The number of carbonyl (C=O) groups excluding carboxylic acids is 1. The first-order valence-electron chi connectivity index (χ1n) is 8.62. The lowest BCUT2D eigenvalue weighted by molar-refractivity contribution is 0.104. The Morgan fingerprint density at radius 3 is 2.40 bits per heavy atom. The van der Waals surface area contributed by atoms with Crippen LogP contribution in [0.5, 0.6) is 11.5 Å². The third-order valence-corrected chi connectivity index (χ3v) is 4.72. The molecule has 3 rings (SSSR count). The molecule has 0 aromatic heterocycles. The molecule has 1 aliphatic rings. The van der Waals surface area contributed by atoms with Crippen LogP contribution in [0.25, 0.3) is 6.08 Å². The van der Waals surface area contributed by atoms with Crippen LogP contribution in [0, 0.1) is 5.92 Å². The molecule has 0 unspecified atom stereocenters. The lowest BCUT2D eigenvalue weighted by Crippen LogP contribution is -2.32. The molecule has 0 saturated carbocycles. The van der Waals surface area contributed by atoms with Gasteiger partial charge in [0.2, 0.25) is 0 Å². The number of piperidine rings is 1. The molecule has 2 N–H and O–H groups in total. The number of ketones is 1. The van der Waals surface area contributed by atoms with E-state index in [-0.39, 0.29) is 22.8 Å². The first kappa shape index (κ1) is 17.1. The van der Waals surface area contributed by atoms with Crippen LogP contribution in [0.4, 0.5) is 5.69 Å². The summed E-state index contributed by atoms with van der Waals surface area (Å²) in [6.45, 7) is 4.48. The van der Waals surface area contributed by atoms with Gasteiger partial charge in [-0.3, -0.25) is 4.79 Å². The fourth-order valence-corrected chi connectivity index (χ4v) is 3.05. The minimum absolute atomic E-state index is 0.0688. The maximum Gasteiger partial charge on any atom is 0.189 e. The van der Waals surface area contributed by atoms with Crippen LogP contribution in [-0.4, -0.2) is 29.1 Å². The summed E-state index contributed by atoms with van der Waals surface area (Å²) in [5.41, 5.74) is 2.32. The molecule has 25 heavy (non-hydrogen) atoms. The highest BCUT2D eigenvalue weighted by Gasteiger charge is 2.15. The van der Waals surface area contributed by atoms with Crippen molar-refractivity contribution in [3.63, 3.8) is 0 Å². The number of benzene rings is 2. The molecular weight excluding hydrogens is 314 g/mol. The Bertz CT molecular complexity index is 772. The molecule has 4 nitrogen and oxygen atoms in total. The van der Waals surface area contributed by atoms with Crippen LogP contribution in [-0.2, 0) is 0 Å². The predicted octanol–water partition coefficient (Wildman–Crippen LogP) is 4.23. The number of phenols is 2. The Morgan fingerprint density at radius 1 is 1.08 bits per heavy atom. The average Bonchev–Trinajstić information content (AvgIpc) is 2.61. The number of rotatable bonds is 4. The van der Waals surface area contributed by atoms with Crippen LogP contribution < -0.4 is 4.90 Å². The zero-order valence-corrected chi connectivity index (χ0v) is 14.4. The summed E-state index contributed by atoms with van der Waals surface area (Å²) in [6.07, 6.45) is 5.62. The van der Waals surface area contributed by atoms with Gasteiger partial charge in [0.05, 0.1) is 5.56 Å². The van der Waals surface area contributed by atoms with Crippen LogP contribution >= 0.6 is 0 Å². The van der Waals surface area contributed by atoms with Crippen molar-refractivity contribution < 1.29 is 15.0 Å². The van der Waals surface area contributed by atoms with Gasteiger partial charge in [-0.05, 0) is 54.7 Å². The van der Waals surface area contributed by atoms with E-state index in [4.69, 9.17) is 0 Å². The second-order valence-electron chi connectivity index (χ2n) is 6.66. The van der Waals surface area contributed by atoms with Crippen molar-refractivity contribution in [1.29, 1.82) is 0 Å². The van der Waals surface area contributed by atoms with E-state index >= 15 is 0 Å².